The number of carbonyl (C=O) groups excluding carboxylic acids is 2. The Morgan fingerprint density at radius 2 is 1.97 bits per heavy atom. The Hall–Kier alpha value is -3.87. The van der Waals surface area contributed by atoms with E-state index in [4.69, 9.17) is 15.2 Å². The van der Waals surface area contributed by atoms with Crippen molar-refractivity contribution in [2.24, 2.45) is 0 Å². The van der Waals surface area contributed by atoms with Crippen molar-refractivity contribution < 1.29 is 29.3 Å². The van der Waals surface area contributed by atoms with Crippen molar-refractivity contribution >= 4 is 41.0 Å². The highest BCUT2D eigenvalue weighted by molar-refractivity contribution is 5.87. The number of nitrogens with two attached hydrogens (primary N) is 1. The molecule has 34 heavy (non-hydrogen) atoms. The molecule has 0 amide bonds. The molecule has 1 aromatic carbocycles. The molecule has 0 spiro atoms. The Balaban J connectivity index is 1.86. The molecule has 5 N–H and O–H groups in total. The molecule has 0 unspecified atom stereocenters. The van der Waals surface area contributed by atoms with Gasteiger partial charge in [-0.3, -0.25) is 23.9 Å². The number of H-pyrrole nitrogens is 1. The van der Waals surface area contributed by atoms with Gasteiger partial charge in [-0.15, -0.1) is 0 Å². The lowest BCUT2D eigenvalue weighted by Gasteiger charge is -2.27. The van der Waals surface area contributed by atoms with Gasteiger partial charge in [0.2, 0.25) is 5.95 Å². The van der Waals surface area contributed by atoms with Crippen LogP contribution in [-0.4, -0.2) is 65.9 Å². The molecule has 2 aromatic heterocycles. The van der Waals surface area contributed by atoms with Crippen LogP contribution in [0.5, 0.6) is 0 Å². The van der Waals surface area contributed by atoms with Crippen molar-refractivity contribution in [3.8, 4) is 0 Å². The lowest BCUT2D eigenvalue weighted by molar-refractivity contribution is -0.160. The standard InChI is InChI=1S/C22H23N5O7/c1-11(28)22(32)14(10-33-12(2)29)34-20(17(22)30)27-15(9-8-13-6-4-3-5-7-13)24-16-18(27)25-21(23)26-19(16)31/h3-9,14,17,20,30,32H,10H2,1-2H3,(H3,23,25,26,31)/t14-,17+,20-,22-/m1/s1. The summed E-state index contributed by atoms with van der Waals surface area (Å²) < 4.78 is 12.0. The van der Waals surface area contributed by atoms with E-state index >= 15 is 0 Å². The maximum atomic E-state index is 12.5. The lowest BCUT2D eigenvalue weighted by atomic mass is 9.88. The molecular weight excluding hydrogens is 446 g/mol. The van der Waals surface area contributed by atoms with Crippen molar-refractivity contribution in [2.45, 2.75) is 37.9 Å². The van der Waals surface area contributed by atoms with Gasteiger partial charge in [0.05, 0.1) is 0 Å². The number of fused-ring (bicyclic) bond motifs is 1. The maximum Gasteiger partial charge on any atom is 0.302 e. The summed E-state index contributed by atoms with van der Waals surface area (Å²) in [5.74, 6) is -1.52. The van der Waals surface area contributed by atoms with Gasteiger partial charge in [0.25, 0.3) is 5.56 Å². The van der Waals surface area contributed by atoms with Gasteiger partial charge < -0.3 is 25.4 Å². The van der Waals surface area contributed by atoms with Crippen LogP contribution in [0.25, 0.3) is 23.3 Å². The topological polar surface area (TPSA) is 183 Å². The number of nitrogens with one attached hydrogen (secondary N) is 1. The Kier molecular flexibility index (Phi) is 6.04. The number of rotatable bonds is 6. The van der Waals surface area contributed by atoms with Crippen molar-refractivity contribution in [1.82, 2.24) is 19.5 Å². The molecule has 1 aliphatic rings. The number of hydrogen-bond donors (Lipinski definition) is 4. The predicted molar refractivity (Wildman–Crippen MR) is 120 cm³/mol. The maximum absolute atomic E-state index is 12.5. The zero-order valence-corrected chi connectivity index (χ0v) is 18.3. The van der Waals surface area contributed by atoms with E-state index in [-0.39, 0.29) is 22.9 Å². The Morgan fingerprint density at radius 1 is 1.26 bits per heavy atom. The first-order chi connectivity index (χ1) is 16.1. The van der Waals surface area contributed by atoms with E-state index in [2.05, 4.69) is 15.0 Å². The number of nitrogen functional groups attached to an aromatic ring is 1. The molecule has 178 valence electrons. The second kappa shape index (κ2) is 8.82. The van der Waals surface area contributed by atoms with E-state index in [9.17, 15) is 24.6 Å². The Bertz CT molecular complexity index is 1330. The molecule has 4 atom stereocenters. The van der Waals surface area contributed by atoms with E-state index in [0.29, 0.717) is 0 Å². The van der Waals surface area contributed by atoms with E-state index in [0.717, 1.165) is 19.4 Å². The Labute approximate surface area is 192 Å². The highest BCUT2D eigenvalue weighted by Gasteiger charge is 2.60. The first-order valence-corrected chi connectivity index (χ1v) is 10.3. The zero-order chi connectivity index (χ0) is 24.6. The highest BCUT2D eigenvalue weighted by Crippen LogP contribution is 2.40. The number of esters is 1. The van der Waals surface area contributed by atoms with Gasteiger partial charge >= 0.3 is 5.97 Å². The van der Waals surface area contributed by atoms with Crippen LogP contribution >= 0.6 is 0 Å². The number of Topliss-reactive ketones (excluding diaryl/α,β-unsaturated/α-hetero) is 1. The zero-order valence-electron chi connectivity index (χ0n) is 18.3. The quantitative estimate of drug-likeness (QED) is 0.359. The third-order valence-corrected chi connectivity index (χ3v) is 5.59. The van der Waals surface area contributed by atoms with Crippen LogP contribution in [0.15, 0.2) is 35.1 Å². The molecule has 0 aliphatic carbocycles. The number of nitrogens with zero attached hydrogens (tertiary/aromatic N) is 3. The third-order valence-electron chi connectivity index (χ3n) is 5.59. The van der Waals surface area contributed by atoms with Crippen LogP contribution in [-0.2, 0) is 19.1 Å². The number of ether oxygens (including phenoxy) is 2. The number of aliphatic hydroxyl groups is 2. The fourth-order valence-electron chi connectivity index (χ4n) is 3.87. The minimum Gasteiger partial charge on any atom is -0.463 e. The SMILES string of the molecule is CC(=O)OC[C@H]1O[C@@H](n2c(C=Cc3ccccc3)nc3c(=O)[nH]c(N)nc32)[C@H](O)[C@@]1(O)C(C)=O. The smallest absolute Gasteiger partial charge is 0.302 e. The number of aromatic amines is 1. The second-order valence-corrected chi connectivity index (χ2v) is 7.85. The molecular formula is C22H23N5O7. The van der Waals surface area contributed by atoms with Crippen LogP contribution in [0.2, 0.25) is 0 Å². The summed E-state index contributed by atoms with van der Waals surface area (Å²) in [7, 11) is 0. The van der Waals surface area contributed by atoms with Crippen LogP contribution in [0.1, 0.15) is 31.5 Å². The van der Waals surface area contributed by atoms with Crippen molar-refractivity contribution in [3.05, 3.63) is 52.1 Å². The van der Waals surface area contributed by atoms with Gasteiger partial charge in [0.1, 0.15) is 24.6 Å². The van der Waals surface area contributed by atoms with E-state index in [1.807, 2.05) is 30.3 Å². The largest absolute Gasteiger partial charge is 0.463 e. The lowest BCUT2D eigenvalue weighted by Crippen LogP contribution is -2.54. The summed E-state index contributed by atoms with van der Waals surface area (Å²) in [5.41, 5.74) is 3.40. The van der Waals surface area contributed by atoms with Crippen LogP contribution in [0, 0.1) is 0 Å². The van der Waals surface area contributed by atoms with Crippen LogP contribution < -0.4 is 11.3 Å². The van der Waals surface area contributed by atoms with Crippen molar-refractivity contribution in [2.75, 3.05) is 12.3 Å². The molecule has 1 aliphatic heterocycles. The fourth-order valence-corrected chi connectivity index (χ4v) is 3.87. The predicted octanol–water partition coefficient (Wildman–Crippen LogP) is 0.0137. The molecule has 3 aromatic rings. The fraction of sp³-hybridized carbons (Fsp3) is 0.318. The highest BCUT2D eigenvalue weighted by atomic mass is 16.6. The molecule has 1 saturated heterocycles. The number of aliphatic hydroxyl groups excluding tert-OH is 1. The second-order valence-electron chi connectivity index (χ2n) is 7.85. The summed E-state index contributed by atoms with van der Waals surface area (Å²) in [4.78, 5) is 46.9. The van der Waals surface area contributed by atoms with E-state index in [1.165, 1.54) is 4.57 Å². The van der Waals surface area contributed by atoms with Gasteiger partial charge in [-0.2, -0.15) is 4.98 Å². The van der Waals surface area contributed by atoms with Crippen LogP contribution in [0.4, 0.5) is 5.95 Å². The van der Waals surface area contributed by atoms with E-state index < -0.39 is 48.0 Å². The summed E-state index contributed by atoms with van der Waals surface area (Å²) in [5, 5.41) is 22.1. The minimum atomic E-state index is -2.40. The molecule has 0 radical (unpaired) electrons. The van der Waals surface area contributed by atoms with Gasteiger partial charge in [0.15, 0.2) is 28.8 Å². The third kappa shape index (κ3) is 3.98. The van der Waals surface area contributed by atoms with Gasteiger partial charge in [0, 0.05) is 6.92 Å². The number of anilines is 1. The van der Waals surface area contributed by atoms with Crippen molar-refractivity contribution in [1.29, 1.82) is 0 Å². The molecule has 3 heterocycles. The molecule has 12 heteroatoms. The molecule has 0 bridgehead atoms. The molecule has 0 saturated carbocycles. The molecule has 4 rings (SSSR count). The summed E-state index contributed by atoms with van der Waals surface area (Å²) in [6.45, 7) is 1.75. The summed E-state index contributed by atoms with van der Waals surface area (Å²) >= 11 is 0. The van der Waals surface area contributed by atoms with Gasteiger partial charge in [-0.05, 0) is 18.6 Å². The normalized spacial score (nSPS) is 24.6. The number of benzene rings is 1. The number of hydrogen-bond acceptors (Lipinski definition) is 10. The monoisotopic (exact) mass is 469 g/mol. The Morgan fingerprint density at radius 3 is 2.62 bits per heavy atom. The number of aromatic nitrogens is 4. The van der Waals surface area contributed by atoms with Crippen LogP contribution in [0.3, 0.4) is 0 Å². The first kappa shape index (κ1) is 23.3. The first-order valence-electron chi connectivity index (χ1n) is 10.3. The van der Waals surface area contributed by atoms with Gasteiger partial charge in [-0.1, -0.05) is 36.4 Å². The van der Waals surface area contributed by atoms with Crippen molar-refractivity contribution in [3.63, 3.8) is 0 Å². The summed E-state index contributed by atoms with van der Waals surface area (Å²) in [6, 6.07) is 9.22. The van der Waals surface area contributed by atoms with E-state index in [1.54, 1.807) is 12.2 Å². The van der Waals surface area contributed by atoms with Gasteiger partial charge in [-0.25, -0.2) is 4.98 Å². The average molecular weight is 469 g/mol. The average Bonchev–Trinajstić information content (AvgIpc) is 3.27. The molecule has 12 nitrogen and oxygen atoms in total. The number of imidazole rings is 1. The number of ketones is 1. The summed E-state index contributed by atoms with van der Waals surface area (Å²) in [6.07, 6.45) is -1.34. The number of carbonyl (C=O) groups is 2. The molecule has 1 fully saturated rings. The minimum absolute atomic E-state index is 0.0305.